The van der Waals surface area contributed by atoms with Crippen LogP contribution >= 0.6 is 11.6 Å². The minimum absolute atomic E-state index is 0.0337. The maximum Gasteiger partial charge on any atom is 0.268 e. The molecule has 3 rings (SSSR count). The van der Waals surface area contributed by atoms with E-state index in [1.165, 1.54) is 12.3 Å². The predicted octanol–water partition coefficient (Wildman–Crippen LogP) is 3.42. The third-order valence-corrected chi connectivity index (χ3v) is 4.64. The molecule has 0 radical (unpaired) electrons. The molecule has 0 aliphatic carbocycles. The molecule has 3 aromatic rings. The first-order valence-electron chi connectivity index (χ1n) is 8.63. The minimum Gasteiger partial charge on any atom is -0.364 e. The Morgan fingerprint density at radius 2 is 2.00 bits per heavy atom. The number of H-pyrrole nitrogens is 1. The van der Waals surface area contributed by atoms with E-state index in [1.807, 2.05) is 34.6 Å². The number of pyridine rings is 2. The number of halogens is 1. The van der Waals surface area contributed by atoms with Crippen LogP contribution in [0.25, 0.3) is 22.3 Å². The van der Waals surface area contributed by atoms with Gasteiger partial charge in [0.25, 0.3) is 5.91 Å². The Balaban J connectivity index is 2.36. The maximum atomic E-state index is 12.8. The third kappa shape index (κ3) is 3.23. The number of nitrogens with zero attached hydrogens (tertiary/aromatic N) is 3. The van der Waals surface area contributed by atoms with Crippen LogP contribution in [-0.4, -0.2) is 25.7 Å². The molecule has 3 aromatic heterocycles. The Bertz CT molecular complexity index is 1110. The monoisotopic (exact) mass is 387 g/mol. The lowest BCUT2D eigenvalue weighted by Gasteiger charge is -2.15. The van der Waals surface area contributed by atoms with E-state index < -0.39 is 5.91 Å². The Labute approximate surface area is 161 Å². The summed E-state index contributed by atoms with van der Waals surface area (Å²) >= 11 is 6.69. The SMILES string of the molecule is CC(C)n1nc(C(C)(C)C)c(Cl)c1-c1cc(=O)c2c(C(N)=O)nccc2[nH]1. The van der Waals surface area contributed by atoms with E-state index in [-0.39, 0.29) is 28.0 Å². The lowest BCUT2D eigenvalue weighted by molar-refractivity contribution is 0.0997. The van der Waals surface area contributed by atoms with Crippen LogP contribution < -0.4 is 11.2 Å². The number of fused-ring (bicyclic) bond motifs is 1. The summed E-state index contributed by atoms with van der Waals surface area (Å²) < 4.78 is 1.80. The van der Waals surface area contributed by atoms with Gasteiger partial charge in [0.2, 0.25) is 0 Å². The van der Waals surface area contributed by atoms with Gasteiger partial charge in [-0.1, -0.05) is 32.4 Å². The van der Waals surface area contributed by atoms with Crippen LogP contribution in [0.5, 0.6) is 0 Å². The van der Waals surface area contributed by atoms with Crippen LogP contribution in [0.3, 0.4) is 0 Å². The summed E-state index contributed by atoms with van der Waals surface area (Å²) in [6, 6.07) is 3.07. The fourth-order valence-electron chi connectivity index (χ4n) is 3.02. The highest BCUT2D eigenvalue weighted by molar-refractivity contribution is 6.33. The Morgan fingerprint density at radius 3 is 2.56 bits per heavy atom. The van der Waals surface area contributed by atoms with Gasteiger partial charge < -0.3 is 10.7 Å². The van der Waals surface area contributed by atoms with E-state index >= 15 is 0 Å². The number of carbonyl (C=O) groups is 1. The van der Waals surface area contributed by atoms with Crippen molar-refractivity contribution in [3.63, 3.8) is 0 Å². The zero-order chi connectivity index (χ0) is 20.1. The number of amides is 1. The lowest BCUT2D eigenvalue weighted by atomic mass is 9.92. The molecule has 0 fully saturated rings. The van der Waals surface area contributed by atoms with E-state index in [0.29, 0.717) is 21.9 Å². The van der Waals surface area contributed by atoms with Gasteiger partial charge in [-0.3, -0.25) is 19.3 Å². The molecule has 3 N–H and O–H groups in total. The molecule has 8 heteroatoms. The molecule has 0 spiro atoms. The van der Waals surface area contributed by atoms with E-state index in [4.69, 9.17) is 17.3 Å². The van der Waals surface area contributed by atoms with Crippen molar-refractivity contribution in [1.29, 1.82) is 0 Å². The lowest BCUT2D eigenvalue weighted by Crippen LogP contribution is -2.18. The summed E-state index contributed by atoms with van der Waals surface area (Å²) in [5.41, 5.74) is 7.05. The van der Waals surface area contributed by atoms with Crippen molar-refractivity contribution < 1.29 is 4.79 Å². The Kier molecular flexibility index (Phi) is 4.59. The number of nitrogens with two attached hydrogens (primary N) is 1. The number of hydrogen-bond donors (Lipinski definition) is 2. The van der Waals surface area contributed by atoms with Crippen LogP contribution in [0.2, 0.25) is 5.02 Å². The third-order valence-electron chi connectivity index (χ3n) is 4.28. The summed E-state index contributed by atoms with van der Waals surface area (Å²) in [6.45, 7) is 10.1. The molecule has 7 nitrogen and oxygen atoms in total. The number of hydrogen-bond acceptors (Lipinski definition) is 4. The fraction of sp³-hybridized carbons (Fsp3) is 0.368. The van der Waals surface area contributed by atoms with Gasteiger partial charge in [0.15, 0.2) is 5.43 Å². The number of carbonyl (C=O) groups excluding carboxylic acids is 1. The van der Waals surface area contributed by atoms with Gasteiger partial charge in [-0.05, 0) is 19.9 Å². The fourth-order valence-corrected chi connectivity index (χ4v) is 3.53. The molecule has 0 aliphatic heterocycles. The molecule has 0 aliphatic rings. The van der Waals surface area contributed by atoms with Crippen LogP contribution in [0, 0.1) is 0 Å². The molecule has 0 bridgehead atoms. The summed E-state index contributed by atoms with van der Waals surface area (Å²) in [4.78, 5) is 31.5. The molecule has 0 atom stereocenters. The zero-order valence-electron chi connectivity index (χ0n) is 15.9. The molecule has 142 valence electrons. The minimum atomic E-state index is -0.751. The molecular formula is C19H22ClN5O2. The van der Waals surface area contributed by atoms with Crippen molar-refractivity contribution in [3.05, 3.63) is 45.0 Å². The maximum absolute atomic E-state index is 12.8. The van der Waals surface area contributed by atoms with E-state index in [9.17, 15) is 9.59 Å². The first kappa shape index (κ1) is 19.1. The standard InChI is InChI=1S/C19H22ClN5O2/c1-9(2)25-16(14(20)17(24-25)19(3,4)5)11-8-12(26)13-10(23-11)6-7-22-15(13)18(21)27/h6-9H,1-5H3,(H2,21,27)(H,23,26). The van der Waals surface area contributed by atoms with Crippen LogP contribution in [-0.2, 0) is 5.41 Å². The average Bonchev–Trinajstić information content (AvgIpc) is 2.91. The summed E-state index contributed by atoms with van der Waals surface area (Å²) in [5.74, 6) is -0.751. The number of nitrogens with one attached hydrogen (secondary N) is 1. The highest BCUT2D eigenvalue weighted by Crippen LogP contribution is 2.37. The second kappa shape index (κ2) is 6.49. The number of rotatable bonds is 3. The highest BCUT2D eigenvalue weighted by atomic mass is 35.5. The summed E-state index contributed by atoms with van der Waals surface area (Å²) in [5, 5.41) is 5.35. The van der Waals surface area contributed by atoms with Crippen molar-refractivity contribution in [1.82, 2.24) is 19.7 Å². The van der Waals surface area contributed by atoms with Crippen LogP contribution in [0.1, 0.15) is 56.8 Å². The van der Waals surface area contributed by atoms with Crippen molar-refractivity contribution in [2.24, 2.45) is 5.73 Å². The van der Waals surface area contributed by atoms with E-state index in [0.717, 1.165) is 5.69 Å². The predicted molar refractivity (Wildman–Crippen MR) is 106 cm³/mol. The second-order valence-corrected chi connectivity index (χ2v) is 8.17. The van der Waals surface area contributed by atoms with Crippen molar-refractivity contribution >= 4 is 28.4 Å². The zero-order valence-corrected chi connectivity index (χ0v) is 16.7. The molecule has 0 aromatic carbocycles. The topological polar surface area (TPSA) is 107 Å². The molecule has 27 heavy (non-hydrogen) atoms. The van der Waals surface area contributed by atoms with E-state index in [2.05, 4.69) is 15.1 Å². The molecule has 1 amide bonds. The number of aromatic amines is 1. The summed E-state index contributed by atoms with van der Waals surface area (Å²) in [6.07, 6.45) is 1.43. The van der Waals surface area contributed by atoms with Crippen molar-refractivity contribution in [3.8, 4) is 11.4 Å². The van der Waals surface area contributed by atoms with Crippen molar-refractivity contribution in [2.75, 3.05) is 0 Å². The molecule has 3 heterocycles. The number of aromatic nitrogens is 4. The molecule has 0 unspecified atom stereocenters. The smallest absolute Gasteiger partial charge is 0.268 e. The van der Waals surface area contributed by atoms with Gasteiger partial charge in [-0.25, -0.2) is 0 Å². The van der Waals surface area contributed by atoms with Gasteiger partial charge >= 0.3 is 0 Å². The van der Waals surface area contributed by atoms with Crippen molar-refractivity contribution in [2.45, 2.75) is 46.1 Å². The molecule has 0 saturated heterocycles. The van der Waals surface area contributed by atoms with Crippen LogP contribution in [0.4, 0.5) is 0 Å². The highest BCUT2D eigenvalue weighted by Gasteiger charge is 2.28. The van der Waals surface area contributed by atoms with Gasteiger partial charge in [0, 0.05) is 23.7 Å². The quantitative estimate of drug-likeness (QED) is 0.717. The van der Waals surface area contributed by atoms with Gasteiger partial charge in [-0.15, -0.1) is 0 Å². The molecule has 0 saturated carbocycles. The second-order valence-electron chi connectivity index (χ2n) is 7.79. The largest absolute Gasteiger partial charge is 0.364 e. The molecular weight excluding hydrogens is 366 g/mol. The number of primary amides is 1. The van der Waals surface area contributed by atoms with Crippen LogP contribution in [0.15, 0.2) is 23.1 Å². The Hall–Kier alpha value is -2.67. The van der Waals surface area contributed by atoms with Gasteiger partial charge in [-0.2, -0.15) is 5.10 Å². The van der Waals surface area contributed by atoms with E-state index in [1.54, 1.807) is 10.7 Å². The summed E-state index contributed by atoms with van der Waals surface area (Å²) in [7, 11) is 0. The first-order chi connectivity index (χ1) is 12.5. The Morgan fingerprint density at radius 1 is 1.33 bits per heavy atom. The first-order valence-corrected chi connectivity index (χ1v) is 9.01. The van der Waals surface area contributed by atoms with Gasteiger partial charge in [0.05, 0.1) is 27.3 Å². The average molecular weight is 388 g/mol. The van der Waals surface area contributed by atoms with Gasteiger partial charge in [0.1, 0.15) is 11.4 Å². The normalized spacial score (nSPS) is 12.1.